The summed E-state index contributed by atoms with van der Waals surface area (Å²) in [7, 11) is 0. The fourth-order valence-electron chi connectivity index (χ4n) is 2.69. The maximum Gasteiger partial charge on any atom is 0.319 e. The van der Waals surface area contributed by atoms with Gasteiger partial charge >= 0.3 is 6.03 Å². The van der Waals surface area contributed by atoms with Crippen LogP contribution in [-0.4, -0.2) is 11.1 Å². The molecule has 0 radical (unpaired) electrons. The number of benzene rings is 3. The number of hydrogen-bond donors (Lipinski definition) is 3. The molecule has 0 saturated carbocycles. The van der Waals surface area contributed by atoms with Crippen LogP contribution in [0.25, 0.3) is 0 Å². The van der Waals surface area contributed by atoms with Gasteiger partial charge in [-0.15, -0.1) is 0 Å². The van der Waals surface area contributed by atoms with Crippen LogP contribution in [0.4, 0.5) is 10.5 Å². The fraction of sp³-hybridized carbons (Fsp3) is 0.0952. The quantitative estimate of drug-likeness (QED) is 0.599. The van der Waals surface area contributed by atoms with Crippen molar-refractivity contribution in [3.8, 4) is 0 Å². The number of carbonyl (C=O) groups excluding carboxylic acids is 1. The molecule has 0 saturated heterocycles. The average molecular weight is 367 g/mol. The van der Waals surface area contributed by atoms with Crippen LogP contribution in [0.5, 0.6) is 0 Å². The summed E-state index contributed by atoms with van der Waals surface area (Å²) >= 11 is 5.86. The SMILES string of the molecule is O=C(Nc1ccc(Cl)cc1)N[C@H](c1ccccc1)[C@@H](O)c1ccccc1. The lowest BCUT2D eigenvalue weighted by molar-refractivity contribution is 0.132. The number of halogens is 1. The van der Waals surface area contributed by atoms with Crippen molar-refractivity contribution in [3.05, 3.63) is 101 Å². The number of amides is 2. The average Bonchev–Trinajstić information content (AvgIpc) is 2.69. The molecule has 3 aromatic rings. The normalized spacial score (nSPS) is 12.8. The number of carbonyl (C=O) groups is 1. The highest BCUT2D eigenvalue weighted by atomic mass is 35.5. The third kappa shape index (κ3) is 4.63. The number of aliphatic hydroxyl groups is 1. The summed E-state index contributed by atoms with van der Waals surface area (Å²) in [5.41, 5.74) is 2.16. The molecule has 4 nitrogen and oxygen atoms in total. The Hall–Kier alpha value is -2.82. The highest BCUT2D eigenvalue weighted by Crippen LogP contribution is 2.28. The molecule has 26 heavy (non-hydrogen) atoms. The zero-order valence-electron chi connectivity index (χ0n) is 14.0. The first-order chi connectivity index (χ1) is 12.6. The van der Waals surface area contributed by atoms with Gasteiger partial charge in [0.05, 0.1) is 6.04 Å². The van der Waals surface area contributed by atoms with E-state index in [9.17, 15) is 9.90 Å². The third-order valence-electron chi connectivity index (χ3n) is 4.00. The van der Waals surface area contributed by atoms with Crippen LogP contribution < -0.4 is 10.6 Å². The molecule has 132 valence electrons. The van der Waals surface area contributed by atoms with Crippen LogP contribution in [0.3, 0.4) is 0 Å². The van der Waals surface area contributed by atoms with E-state index in [1.165, 1.54) is 0 Å². The maximum absolute atomic E-state index is 12.5. The predicted molar refractivity (Wildman–Crippen MR) is 104 cm³/mol. The molecular formula is C21H19ClN2O2. The minimum atomic E-state index is -0.880. The zero-order valence-corrected chi connectivity index (χ0v) is 14.7. The van der Waals surface area contributed by atoms with Crippen LogP contribution in [0.2, 0.25) is 5.02 Å². The molecule has 0 spiro atoms. The maximum atomic E-state index is 12.5. The summed E-state index contributed by atoms with van der Waals surface area (Å²) in [6.07, 6.45) is -0.880. The van der Waals surface area contributed by atoms with Crippen LogP contribution in [0, 0.1) is 0 Å². The minimum Gasteiger partial charge on any atom is -0.386 e. The molecule has 3 N–H and O–H groups in total. The summed E-state index contributed by atoms with van der Waals surface area (Å²) < 4.78 is 0. The fourth-order valence-corrected chi connectivity index (χ4v) is 2.82. The lowest BCUT2D eigenvalue weighted by Gasteiger charge is -2.25. The molecule has 0 aliphatic heterocycles. The largest absolute Gasteiger partial charge is 0.386 e. The Morgan fingerprint density at radius 3 is 1.92 bits per heavy atom. The molecule has 2 atom stereocenters. The zero-order chi connectivity index (χ0) is 18.4. The van der Waals surface area contributed by atoms with Crippen LogP contribution in [0.15, 0.2) is 84.9 Å². The summed E-state index contributed by atoms with van der Waals surface area (Å²) in [5, 5.41) is 17.0. The molecule has 3 rings (SSSR count). The standard InChI is InChI=1S/C21H19ClN2O2/c22-17-11-13-18(14-12-17)23-21(26)24-19(15-7-3-1-4-8-15)20(25)16-9-5-2-6-10-16/h1-14,19-20,25H,(H2,23,24,26)/t19-,20+/m1/s1. The van der Waals surface area contributed by atoms with Crippen LogP contribution in [0.1, 0.15) is 23.3 Å². The van der Waals surface area contributed by atoms with Gasteiger partial charge in [0.2, 0.25) is 0 Å². The number of urea groups is 1. The molecule has 0 aliphatic rings. The summed E-state index contributed by atoms with van der Waals surface area (Å²) in [4.78, 5) is 12.5. The Balaban J connectivity index is 1.79. The smallest absolute Gasteiger partial charge is 0.319 e. The van der Waals surface area contributed by atoms with Crippen molar-refractivity contribution in [1.29, 1.82) is 0 Å². The van der Waals surface area contributed by atoms with Crippen molar-refractivity contribution in [3.63, 3.8) is 0 Å². The second-order valence-corrected chi connectivity index (χ2v) is 6.29. The molecule has 0 bridgehead atoms. The predicted octanol–water partition coefficient (Wildman–Crippen LogP) is 4.94. The van der Waals surface area contributed by atoms with Crippen molar-refractivity contribution in [2.24, 2.45) is 0 Å². The van der Waals surface area contributed by atoms with E-state index in [1.807, 2.05) is 60.7 Å². The lowest BCUT2D eigenvalue weighted by atomic mass is 9.96. The summed E-state index contributed by atoms with van der Waals surface area (Å²) in [6.45, 7) is 0. The minimum absolute atomic E-state index is 0.406. The Morgan fingerprint density at radius 1 is 0.808 bits per heavy atom. The Morgan fingerprint density at radius 2 is 1.35 bits per heavy atom. The number of anilines is 1. The molecular weight excluding hydrogens is 348 g/mol. The van der Waals surface area contributed by atoms with E-state index in [2.05, 4.69) is 10.6 Å². The van der Waals surface area contributed by atoms with E-state index in [0.29, 0.717) is 10.7 Å². The topological polar surface area (TPSA) is 61.4 Å². The number of nitrogens with one attached hydrogen (secondary N) is 2. The summed E-state index contributed by atoms with van der Waals surface area (Å²) in [5.74, 6) is 0. The van der Waals surface area contributed by atoms with Gasteiger partial charge < -0.3 is 15.7 Å². The van der Waals surface area contributed by atoms with Gasteiger partial charge in [-0.2, -0.15) is 0 Å². The van der Waals surface area contributed by atoms with Gasteiger partial charge in [0.15, 0.2) is 0 Å². The Kier molecular flexibility index (Phi) is 5.89. The van der Waals surface area contributed by atoms with Crippen molar-refractivity contribution in [2.75, 3.05) is 5.32 Å². The molecule has 0 fully saturated rings. The molecule has 0 heterocycles. The van der Waals surface area contributed by atoms with E-state index in [0.717, 1.165) is 11.1 Å². The van der Waals surface area contributed by atoms with Gasteiger partial charge in [0.25, 0.3) is 0 Å². The van der Waals surface area contributed by atoms with Gasteiger partial charge in [-0.05, 0) is 35.4 Å². The van der Waals surface area contributed by atoms with Crippen LogP contribution >= 0.6 is 11.6 Å². The summed E-state index contributed by atoms with van der Waals surface area (Å²) in [6, 6.07) is 24.5. The van der Waals surface area contributed by atoms with Gasteiger partial charge in [-0.25, -0.2) is 4.79 Å². The second-order valence-electron chi connectivity index (χ2n) is 5.85. The monoisotopic (exact) mass is 366 g/mol. The highest BCUT2D eigenvalue weighted by molar-refractivity contribution is 6.30. The van der Waals surface area contributed by atoms with E-state index in [-0.39, 0.29) is 0 Å². The molecule has 0 aliphatic carbocycles. The first-order valence-corrected chi connectivity index (χ1v) is 8.62. The number of aliphatic hydroxyl groups excluding tert-OH is 1. The molecule has 2 amide bonds. The van der Waals surface area contributed by atoms with E-state index in [1.54, 1.807) is 24.3 Å². The number of hydrogen-bond acceptors (Lipinski definition) is 2. The first-order valence-electron chi connectivity index (χ1n) is 8.24. The first kappa shape index (κ1) is 18.0. The molecule has 5 heteroatoms. The van der Waals surface area contributed by atoms with E-state index < -0.39 is 18.2 Å². The Labute approximate surface area is 157 Å². The van der Waals surface area contributed by atoms with Crippen molar-refractivity contribution < 1.29 is 9.90 Å². The van der Waals surface area contributed by atoms with E-state index >= 15 is 0 Å². The molecule has 0 aromatic heterocycles. The van der Waals surface area contributed by atoms with Gasteiger partial charge in [0.1, 0.15) is 6.10 Å². The van der Waals surface area contributed by atoms with Crippen LogP contribution in [-0.2, 0) is 0 Å². The lowest BCUT2D eigenvalue weighted by Crippen LogP contribution is -2.35. The Bertz CT molecular complexity index is 839. The number of rotatable bonds is 5. The molecule has 0 unspecified atom stereocenters. The van der Waals surface area contributed by atoms with Gasteiger partial charge in [0, 0.05) is 10.7 Å². The third-order valence-corrected chi connectivity index (χ3v) is 4.26. The van der Waals surface area contributed by atoms with Crippen molar-refractivity contribution in [2.45, 2.75) is 12.1 Å². The van der Waals surface area contributed by atoms with E-state index in [4.69, 9.17) is 11.6 Å². The second kappa shape index (κ2) is 8.52. The molecule has 3 aromatic carbocycles. The van der Waals surface area contributed by atoms with Crippen molar-refractivity contribution in [1.82, 2.24) is 5.32 Å². The van der Waals surface area contributed by atoms with Gasteiger partial charge in [-0.1, -0.05) is 72.3 Å². The highest BCUT2D eigenvalue weighted by Gasteiger charge is 2.24. The van der Waals surface area contributed by atoms with Gasteiger partial charge in [-0.3, -0.25) is 0 Å². The van der Waals surface area contributed by atoms with Crippen molar-refractivity contribution >= 4 is 23.3 Å².